The summed E-state index contributed by atoms with van der Waals surface area (Å²) in [4.78, 5) is 0.517. The monoisotopic (exact) mass is 276 g/mol. The van der Waals surface area contributed by atoms with Crippen molar-refractivity contribution in [1.29, 1.82) is 0 Å². The van der Waals surface area contributed by atoms with E-state index in [4.69, 9.17) is 23.2 Å². The fourth-order valence-electron chi connectivity index (χ4n) is 1.37. The minimum Gasteiger partial charge on any atom is -0.383 e. The Bertz CT molecular complexity index is 512. The van der Waals surface area contributed by atoms with Gasteiger partial charge in [-0.05, 0) is 17.5 Å². The number of aliphatic hydroxyl groups excluding tert-OH is 1. The van der Waals surface area contributed by atoms with Gasteiger partial charge in [-0.2, -0.15) is 0 Å². The highest BCUT2D eigenvalue weighted by Crippen LogP contribution is 2.35. The SMILES string of the molecule is OC(c1cccc(Cl)c1F)c1sccc1Cl. The summed E-state index contributed by atoms with van der Waals surface area (Å²) in [6.07, 6.45) is -1.08. The lowest BCUT2D eigenvalue weighted by Gasteiger charge is -2.11. The summed E-state index contributed by atoms with van der Waals surface area (Å²) >= 11 is 12.8. The Morgan fingerprint density at radius 3 is 2.56 bits per heavy atom. The van der Waals surface area contributed by atoms with Crippen LogP contribution >= 0.6 is 34.5 Å². The lowest BCUT2D eigenvalue weighted by Crippen LogP contribution is -2.01. The van der Waals surface area contributed by atoms with Crippen LogP contribution in [0.4, 0.5) is 4.39 Å². The maximum absolute atomic E-state index is 13.6. The van der Waals surface area contributed by atoms with Crippen molar-refractivity contribution in [3.63, 3.8) is 0 Å². The zero-order valence-corrected chi connectivity index (χ0v) is 10.3. The molecular formula is C11H7Cl2FOS. The van der Waals surface area contributed by atoms with Gasteiger partial charge < -0.3 is 5.11 Å². The molecule has 1 heterocycles. The van der Waals surface area contributed by atoms with Gasteiger partial charge in [-0.15, -0.1) is 11.3 Å². The van der Waals surface area contributed by atoms with Crippen LogP contribution in [0.3, 0.4) is 0 Å². The molecule has 0 aliphatic heterocycles. The topological polar surface area (TPSA) is 20.2 Å². The predicted octanol–water partition coefficient (Wildman–Crippen LogP) is 4.28. The molecule has 0 saturated heterocycles. The molecule has 0 bridgehead atoms. The average molecular weight is 277 g/mol. The molecule has 84 valence electrons. The van der Waals surface area contributed by atoms with Gasteiger partial charge in [0.05, 0.1) is 14.9 Å². The van der Waals surface area contributed by atoms with Gasteiger partial charge in [-0.25, -0.2) is 4.39 Å². The van der Waals surface area contributed by atoms with E-state index in [1.54, 1.807) is 17.5 Å². The van der Waals surface area contributed by atoms with Crippen molar-refractivity contribution < 1.29 is 9.50 Å². The Morgan fingerprint density at radius 2 is 1.94 bits per heavy atom. The summed E-state index contributed by atoms with van der Waals surface area (Å²) in [7, 11) is 0. The maximum Gasteiger partial charge on any atom is 0.147 e. The van der Waals surface area contributed by atoms with Crippen LogP contribution in [0, 0.1) is 5.82 Å². The normalized spacial score (nSPS) is 12.8. The molecular weight excluding hydrogens is 270 g/mol. The Labute approximate surface area is 106 Å². The molecule has 2 rings (SSSR count). The molecule has 0 amide bonds. The summed E-state index contributed by atoms with van der Waals surface area (Å²) in [5.41, 5.74) is 0.136. The predicted molar refractivity (Wildman–Crippen MR) is 64.8 cm³/mol. The third kappa shape index (κ3) is 2.09. The van der Waals surface area contributed by atoms with Crippen LogP contribution < -0.4 is 0 Å². The molecule has 0 radical (unpaired) electrons. The number of rotatable bonds is 2. The van der Waals surface area contributed by atoms with Gasteiger partial charge in [0.25, 0.3) is 0 Å². The van der Waals surface area contributed by atoms with Gasteiger partial charge in [0.2, 0.25) is 0 Å². The summed E-state index contributed by atoms with van der Waals surface area (Å²) in [6, 6.07) is 6.17. The van der Waals surface area contributed by atoms with Crippen molar-refractivity contribution >= 4 is 34.5 Å². The first-order chi connectivity index (χ1) is 7.61. The lowest BCUT2D eigenvalue weighted by molar-refractivity contribution is 0.219. The Morgan fingerprint density at radius 1 is 1.19 bits per heavy atom. The first kappa shape index (κ1) is 11.9. The van der Waals surface area contributed by atoms with Crippen LogP contribution in [0.5, 0.6) is 0 Å². The van der Waals surface area contributed by atoms with Crippen molar-refractivity contribution in [3.05, 3.63) is 55.9 Å². The van der Waals surface area contributed by atoms with Crippen molar-refractivity contribution in [3.8, 4) is 0 Å². The molecule has 0 aliphatic carbocycles. The van der Waals surface area contributed by atoms with E-state index < -0.39 is 11.9 Å². The van der Waals surface area contributed by atoms with Crippen LogP contribution in [0.2, 0.25) is 10.0 Å². The summed E-state index contributed by atoms with van der Waals surface area (Å²) in [5.74, 6) is -0.610. The van der Waals surface area contributed by atoms with Crippen molar-refractivity contribution in [2.24, 2.45) is 0 Å². The highest BCUT2D eigenvalue weighted by atomic mass is 35.5. The van der Waals surface area contributed by atoms with Gasteiger partial charge in [-0.3, -0.25) is 0 Å². The third-order valence-corrected chi connectivity index (χ3v) is 3.87. The van der Waals surface area contributed by atoms with Gasteiger partial charge in [0.1, 0.15) is 11.9 Å². The first-order valence-corrected chi connectivity index (χ1v) is 6.09. The van der Waals surface area contributed by atoms with Gasteiger partial charge in [-0.1, -0.05) is 35.3 Å². The van der Waals surface area contributed by atoms with Crippen molar-refractivity contribution in [2.45, 2.75) is 6.10 Å². The second-order valence-electron chi connectivity index (χ2n) is 3.18. The van der Waals surface area contributed by atoms with E-state index in [0.29, 0.717) is 9.90 Å². The second kappa shape index (κ2) is 4.72. The van der Waals surface area contributed by atoms with Crippen LogP contribution in [-0.4, -0.2) is 5.11 Å². The Hall–Kier alpha value is -0.610. The summed E-state index contributed by atoms with van der Waals surface area (Å²) in [5, 5.41) is 12.2. The zero-order valence-electron chi connectivity index (χ0n) is 7.95. The minimum atomic E-state index is -1.08. The largest absolute Gasteiger partial charge is 0.383 e. The molecule has 2 aromatic rings. The number of aliphatic hydroxyl groups is 1. The molecule has 1 nitrogen and oxygen atoms in total. The minimum absolute atomic E-state index is 0.00997. The van der Waals surface area contributed by atoms with Gasteiger partial charge >= 0.3 is 0 Å². The molecule has 1 atom stereocenters. The Kier molecular flexibility index (Phi) is 3.50. The molecule has 16 heavy (non-hydrogen) atoms. The van der Waals surface area contributed by atoms with Crippen LogP contribution in [-0.2, 0) is 0 Å². The van der Waals surface area contributed by atoms with E-state index >= 15 is 0 Å². The van der Waals surface area contributed by atoms with Gasteiger partial charge in [0, 0.05) is 5.56 Å². The van der Waals surface area contributed by atoms with Crippen molar-refractivity contribution in [2.75, 3.05) is 0 Å². The summed E-state index contributed by atoms with van der Waals surface area (Å²) < 4.78 is 13.6. The number of halogens is 3. The van der Waals surface area contributed by atoms with Crippen molar-refractivity contribution in [1.82, 2.24) is 0 Å². The smallest absolute Gasteiger partial charge is 0.147 e. The fraction of sp³-hybridized carbons (Fsp3) is 0.0909. The highest BCUT2D eigenvalue weighted by Gasteiger charge is 2.19. The molecule has 1 unspecified atom stereocenters. The summed E-state index contributed by atoms with van der Waals surface area (Å²) in [6.45, 7) is 0. The fourth-order valence-corrected chi connectivity index (χ4v) is 2.72. The van der Waals surface area contributed by atoms with E-state index in [1.165, 1.54) is 23.5 Å². The molecule has 0 aliphatic rings. The zero-order chi connectivity index (χ0) is 11.7. The van der Waals surface area contributed by atoms with E-state index in [0.717, 1.165) is 0 Å². The highest BCUT2D eigenvalue weighted by molar-refractivity contribution is 7.10. The number of hydrogen-bond acceptors (Lipinski definition) is 2. The van der Waals surface area contributed by atoms with E-state index in [1.807, 2.05) is 0 Å². The molecule has 0 saturated carbocycles. The second-order valence-corrected chi connectivity index (χ2v) is 4.94. The van der Waals surface area contributed by atoms with E-state index in [9.17, 15) is 9.50 Å². The molecule has 1 aromatic heterocycles. The molecule has 1 aromatic carbocycles. The van der Waals surface area contributed by atoms with Crippen LogP contribution in [0.25, 0.3) is 0 Å². The number of benzene rings is 1. The van der Waals surface area contributed by atoms with Gasteiger partial charge in [0.15, 0.2) is 0 Å². The van der Waals surface area contributed by atoms with E-state index in [2.05, 4.69) is 0 Å². The first-order valence-electron chi connectivity index (χ1n) is 4.46. The van der Waals surface area contributed by atoms with E-state index in [-0.39, 0.29) is 10.6 Å². The number of hydrogen-bond donors (Lipinski definition) is 1. The Balaban J connectivity index is 2.46. The molecule has 0 fully saturated rings. The van der Waals surface area contributed by atoms with Crippen LogP contribution in [0.15, 0.2) is 29.6 Å². The standard InChI is InChI=1S/C11H7Cl2FOS/c12-7-3-1-2-6(9(7)14)10(15)11-8(13)4-5-16-11/h1-5,10,15H. The molecule has 0 spiro atoms. The van der Waals surface area contributed by atoms with Crippen LogP contribution in [0.1, 0.15) is 16.5 Å². The molecule has 5 heteroatoms. The average Bonchev–Trinajstić information content (AvgIpc) is 2.68. The number of thiophene rings is 1. The molecule has 1 N–H and O–H groups in total. The quantitative estimate of drug-likeness (QED) is 0.868. The third-order valence-electron chi connectivity index (χ3n) is 2.17. The maximum atomic E-state index is 13.6. The lowest BCUT2D eigenvalue weighted by atomic mass is 10.1.